The molecule has 224 valence electrons. The van der Waals surface area contributed by atoms with Crippen LogP contribution < -0.4 is 16.4 Å². The Kier molecular flexibility index (Phi) is 8.96. The van der Waals surface area contributed by atoms with Crippen molar-refractivity contribution in [3.63, 3.8) is 0 Å². The fraction of sp³-hybridized carbons (Fsp3) is 0.500. The highest BCUT2D eigenvalue weighted by Crippen LogP contribution is 2.39. The lowest BCUT2D eigenvalue weighted by atomic mass is 9.80. The molecule has 5 rings (SSSR count). The third-order valence-corrected chi connectivity index (χ3v) is 9.99. The summed E-state index contributed by atoms with van der Waals surface area (Å²) in [5, 5.41) is 13.5. The van der Waals surface area contributed by atoms with Crippen LogP contribution in [0.4, 0.5) is 5.95 Å². The summed E-state index contributed by atoms with van der Waals surface area (Å²) in [6.07, 6.45) is 10.8. The Bertz CT molecular complexity index is 1500. The number of hydrogen-bond acceptors (Lipinski definition) is 8. The predicted octanol–water partition coefficient (Wildman–Crippen LogP) is 5.86. The van der Waals surface area contributed by atoms with E-state index >= 15 is 0 Å². The van der Waals surface area contributed by atoms with E-state index in [0.717, 1.165) is 78.6 Å². The normalized spacial score (nSPS) is 20.9. The topological polar surface area (TPSA) is 115 Å². The molecule has 2 atom stereocenters. The third kappa shape index (κ3) is 7.16. The first-order chi connectivity index (χ1) is 20.0. The van der Waals surface area contributed by atoms with Crippen LogP contribution in [0.3, 0.4) is 0 Å². The van der Waals surface area contributed by atoms with Gasteiger partial charge in [0.15, 0.2) is 0 Å². The molecule has 0 spiro atoms. The number of ether oxygens (including phenoxy) is 1. The monoisotopic (exact) mass is 586 g/mol. The van der Waals surface area contributed by atoms with Crippen LogP contribution in [-0.2, 0) is 17.9 Å². The quantitative estimate of drug-likeness (QED) is 0.0824. The van der Waals surface area contributed by atoms with Crippen LogP contribution in [-0.4, -0.2) is 59.3 Å². The van der Waals surface area contributed by atoms with Gasteiger partial charge in [0.25, 0.3) is 0 Å². The zero-order chi connectivity index (χ0) is 29.9. The van der Waals surface area contributed by atoms with Gasteiger partial charge in [-0.2, -0.15) is 5.10 Å². The first kappa shape index (κ1) is 30.1. The Morgan fingerprint density at radius 2 is 2.12 bits per heavy atom. The van der Waals surface area contributed by atoms with Gasteiger partial charge in [-0.25, -0.2) is 14.6 Å². The summed E-state index contributed by atoms with van der Waals surface area (Å²) in [5.74, 6) is 0.667. The Morgan fingerprint density at radius 1 is 1.29 bits per heavy atom. The number of aliphatic imine (C=N–C) groups is 1. The molecule has 0 saturated heterocycles. The van der Waals surface area contributed by atoms with Gasteiger partial charge in [0.2, 0.25) is 5.95 Å². The van der Waals surface area contributed by atoms with E-state index in [1.807, 2.05) is 30.0 Å². The third-order valence-electron chi connectivity index (χ3n) is 8.28. The van der Waals surface area contributed by atoms with Gasteiger partial charge in [-0.15, -0.1) is 0 Å². The number of benzene rings is 1. The molecule has 2 aliphatic rings. The van der Waals surface area contributed by atoms with Crippen LogP contribution in [0.15, 0.2) is 52.9 Å². The summed E-state index contributed by atoms with van der Waals surface area (Å²) < 4.78 is 8.14. The second-order valence-electron chi connectivity index (χ2n) is 13.3. The molecule has 42 heavy (non-hydrogen) atoms. The molecule has 1 fully saturated rings. The fourth-order valence-electron chi connectivity index (χ4n) is 5.93. The minimum Gasteiger partial charge on any atom is -0.402 e. The molecule has 9 nitrogen and oxygen atoms in total. The van der Waals surface area contributed by atoms with E-state index in [4.69, 9.17) is 25.5 Å². The molecule has 0 unspecified atom stereocenters. The zero-order valence-corrected chi connectivity index (χ0v) is 26.8. The van der Waals surface area contributed by atoms with Crippen molar-refractivity contribution in [2.75, 3.05) is 18.5 Å². The van der Waals surface area contributed by atoms with E-state index in [2.05, 4.69) is 67.1 Å². The molecule has 1 aromatic carbocycles. The van der Waals surface area contributed by atoms with Crippen LogP contribution >= 0.6 is 0 Å². The fourth-order valence-corrected chi connectivity index (χ4v) is 6.69. The standard InChI is InChI=1S/C32H46N8OSi/c1-22(33)12-13-26(34-3)20-36-32(2)14-8-10-25(18-32)37-31-35-19-24-17-23-9-7-11-27-28(23)30(29(24)38-31)40(39-27)21-41-15-16-42(4,5)6/h7,9,11-13,19,25,36H,3,8,10,14-18,20-21,33H2,1-2,4-6H3,(H,35,37,38)/b22-12+,26-13-/t25-,32+/m1/s1. The minimum absolute atomic E-state index is 0.0354. The number of aromatic nitrogens is 4. The smallest absolute Gasteiger partial charge is 0.223 e. The second kappa shape index (κ2) is 12.5. The molecule has 2 aliphatic carbocycles. The van der Waals surface area contributed by atoms with E-state index in [0.29, 0.717) is 19.2 Å². The van der Waals surface area contributed by atoms with E-state index < -0.39 is 8.07 Å². The molecule has 3 aromatic rings. The number of fused-ring (bicyclic) bond motifs is 2. The number of hydrogen-bond donors (Lipinski definition) is 3. The Labute approximate surface area is 250 Å². The van der Waals surface area contributed by atoms with E-state index in [-0.39, 0.29) is 11.6 Å². The number of allylic oxidation sites excluding steroid dienone is 3. The average Bonchev–Trinajstić information content (AvgIpc) is 3.31. The minimum atomic E-state index is -1.17. The van der Waals surface area contributed by atoms with Gasteiger partial charge in [-0.05, 0) is 76.1 Å². The van der Waals surface area contributed by atoms with Crippen LogP contribution in [0, 0.1) is 0 Å². The first-order valence-corrected chi connectivity index (χ1v) is 18.8. The summed E-state index contributed by atoms with van der Waals surface area (Å²) >= 11 is 0. The van der Waals surface area contributed by atoms with Gasteiger partial charge in [0.05, 0.1) is 22.6 Å². The molecule has 4 N–H and O–H groups in total. The summed E-state index contributed by atoms with van der Waals surface area (Å²) in [6, 6.07) is 7.74. The summed E-state index contributed by atoms with van der Waals surface area (Å²) in [4.78, 5) is 14.0. The first-order valence-electron chi connectivity index (χ1n) is 15.1. The highest BCUT2D eigenvalue weighted by Gasteiger charge is 2.33. The van der Waals surface area contributed by atoms with Gasteiger partial charge < -0.3 is 21.1 Å². The van der Waals surface area contributed by atoms with Crippen molar-refractivity contribution in [3.05, 3.63) is 59.1 Å². The molecule has 2 heterocycles. The van der Waals surface area contributed by atoms with Crippen molar-refractivity contribution < 1.29 is 4.74 Å². The van der Waals surface area contributed by atoms with Gasteiger partial charge in [-0.1, -0.05) is 31.8 Å². The molecular weight excluding hydrogens is 540 g/mol. The van der Waals surface area contributed by atoms with Crippen molar-refractivity contribution >= 4 is 31.6 Å². The van der Waals surface area contributed by atoms with E-state index in [9.17, 15) is 0 Å². The second-order valence-corrected chi connectivity index (χ2v) is 19.0. The van der Waals surface area contributed by atoms with Crippen LogP contribution in [0.2, 0.25) is 25.7 Å². The average molecular weight is 587 g/mol. The Balaban J connectivity index is 1.33. The van der Waals surface area contributed by atoms with Crippen LogP contribution in [0.25, 0.3) is 22.3 Å². The van der Waals surface area contributed by atoms with Crippen molar-refractivity contribution in [1.82, 2.24) is 25.1 Å². The van der Waals surface area contributed by atoms with Gasteiger partial charge in [-0.3, -0.25) is 4.99 Å². The summed E-state index contributed by atoms with van der Waals surface area (Å²) in [5.41, 5.74) is 12.7. The molecule has 0 radical (unpaired) electrons. The summed E-state index contributed by atoms with van der Waals surface area (Å²) in [6.45, 7) is 16.8. The Hall–Kier alpha value is -3.34. The molecule has 0 amide bonds. The molecule has 0 bridgehead atoms. The molecule has 10 heteroatoms. The van der Waals surface area contributed by atoms with Crippen molar-refractivity contribution in [2.24, 2.45) is 10.7 Å². The van der Waals surface area contributed by atoms with Gasteiger partial charge >= 0.3 is 0 Å². The van der Waals surface area contributed by atoms with E-state index in [1.54, 1.807) is 0 Å². The molecule has 1 saturated carbocycles. The SMILES string of the molecule is C=N/C(=C\C=C(/C)N)CN[C@@]1(C)CCC[C@@H](Nc2ncc3c(n2)-c2c4c(cccc4nn2COCC[Si](C)(C)C)C3)C1. The number of nitrogens with zero attached hydrogens (tertiary/aromatic N) is 5. The number of nitrogens with one attached hydrogen (secondary N) is 2. The highest BCUT2D eigenvalue weighted by atomic mass is 28.3. The maximum Gasteiger partial charge on any atom is 0.223 e. The van der Waals surface area contributed by atoms with Crippen LogP contribution in [0.5, 0.6) is 0 Å². The summed E-state index contributed by atoms with van der Waals surface area (Å²) in [7, 11) is -1.17. The predicted molar refractivity (Wildman–Crippen MR) is 176 cm³/mol. The van der Waals surface area contributed by atoms with Gasteiger partial charge in [0, 0.05) is 62.1 Å². The maximum atomic E-state index is 6.14. The zero-order valence-electron chi connectivity index (χ0n) is 25.8. The molecular formula is C32H46N8OSi. The number of anilines is 1. The largest absolute Gasteiger partial charge is 0.402 e. The number of rotatable bonds is 12. The van der Waals surface area contributed by atoms with Crippen LogP contribution in [0.1, 0.15) is 50.7 Å². The van der Waals surface area contributed by atoms with Crippen molar-refractivity contribution in [2.45, 2.75) is 89.9 Å². The lowest BCUT2D eigenvalue weighted by Gasteiger charge is -2.39. The van der Waals surface area contributed by atoms with E-state index in [1.165, 1.54) is 10.9 Å². The van der Waals surface area contributed by atoms with Crippen molar-refractivity contribution in [3.8, 4) is 11.4 Å². The molecule has 2 aromatic heterocycles. The van der Waals surface area contributed by atoms with Gasteiger partial charge in [0.1, 0.15) is 6.73 Å². The lowest BCUT2D eigenvalue weighted by molar-refractivity contribution is 0.0802. The highest BCUT2D eigenvalue weighted by molar-refractivity contribution is 6.76. The molecule has 0 aliphatic heterocycles. The maximum absolute atomic E-state index is 6.14. The lowest BCUT2D eigenvalue weighted by Crippen LogP contribution is -2.49. The van der Waals surface area contributed by atoms with Crippen molar-refractivity contribution in [1.29, 1.82) is 0 Å². The Morgan fingerprint density at radius 3 is 2.88 bits per heavy atom. The number of nitrogens with two attached hydrogens (primary N) is 1.